The van der Waals surface area contributed by atoms with Crippen molar-refractivity contribution in [3.05, 3.63) is 0 Å². The molecule has 1 aliphatic heterocycles. The molecule has 1 amide bonds. The Morgan fingerprint density at radius 3 is 2.82 bits per heavy atom. The van der Waals surface area contributed by atoms with Crippen molar-refractivity contribution in [2.75, 3.05) is 26.8 Å². The van der Waals surface area contributed by atoms with Crippen LogP contribution in [0.2, 0.25) is 0 Å². The van der Waals surface area contributed by atoms with Crippen molar-refractivity contribution in [2.45, 2.75) is 45.7 Å². The summed E-state index contributed by atoms with van der Waals surface area (Å²) in [6.07, 6.45) is 1.62. The van der Waals surface area contributed by atoms with Crippen LogP contribution >= 0.6 is 0 Å². The van der Waals surface area contributed by atoms with E-state index in [4.69, 9.17) is 4.74 Å². The molecule has 1 N–H and O–H groups in total. The molecule has 1 rings (SSSR count). The van der Waals surface area contributed by atoms with Crippen LogP contribution in [0.4, 0.5) is 0 Å². The minimum absolute atomic E-state index is 0.217. The molecular formula is C13H26N2O2. The van der Waals surface area contributed by atoms with Crippen LogP contribution in [0.5, 0.6) is 0 Å². The van der Waals surface area contributed by atoms with Gasteiger partial charge in [-0.2, -0.15) is 0 Å². The molecule has 0 aromatic heterocycles. The van der Waals surface area contributed by atoms with Gasteiger partial charge in [-0.3, -0.25) is 4.79 Å². The first-order valence-electron chi connectivity index (χ1n) is 6.56. The molecule has 0 radical (unpaired) electrons. The van der Waals surface area contributed by atoms with Crippen LogP contribution in [0.3, 0.4) is 0 Å². The Kier molecular flexibility index (Phi) is 5.92. The summed E-state index contributed by atoms with van der Waals surface area (Å²) >= 11 is 0. The molecule has 4 nitrogen and oxygen atoms in total. The number of carbonyl (C=O) groups is 1. The second-order valence-electron chi connectivity index (χ2n) is 5.37. The molecule has 0 aliphatic carbocycles. The summed E-state index contributed by atoms with van der Waals surface area (Å²) in [7, 11) is 1.63. The van der Waals surface area contributed by atoms with Gasteiger partial charge in [-0.05, 0) is 19.3 Å². The number of hydrogen-bond donors (Lipinski definition) is 1. The fourth-order valence-electron chi connectivity index (χ4n) is 2.34. The van der Waals surface area contributed by atoms with Gasteiger partial charge in [0, 0.05) is 32.3 Å². The molecule has 17 heavy (non-hydrogen) atoms. The Labute approximate surface area is 105 Å². The minimum Gasteiger partial charge on any atom is -0.384 e. The van der Waals surface area contributed by atoms with Crippen molar-refractivity contribution in [1.29, 1.82) is 0 Å². The van der Waals surface area contributed by atoms with E-state index >= 15 is 0 Å². The van der Waals surface area contributed by atoms with E-state index in [0.717, 1.165) is 19.5 Å². The largest absolute Gasteiger partial charge is 0.384 e. The highest BCUT2D eigenvalue weighted by molar-refractivity contribution is 5.76. The summed E-state index contributed by atoms with van der Waals surface area (Å²) in [6, 6.07) is 0.737. The highest BCUT2D eigenvalue weighted by atomic mass is 16.5. The number of nitrogens with one attached hydrogen (secondary N) is 1. The molecule has 4 heteroatoms. The predicted molar refractivity (Wildman–Crippen MR) is 68.9 cm³/mol. The van der Waals surface area contributed by atoms with Gasteiger partial charge in [0.2, 0.25) is 5.91 Å². The van der Waals surface area contributed by atoms with Crippen LogP contribution in [-0.2, 0) is 9.53 Å². The molecule has 1 heterocycles. The molecule has 0 saturated carbocycles. The van der Waals surface area contributed by atoms with Gasteiger partial charge in [0.1, 0.15) is 0 Å². The number of ether oxygens (including phenoxy) is 1. The molecule has 100 valence electrons. The van der Waals surface area contributed by atoms with Crippen molar-refractivity contribution in [3.8, 4) is 0 Å². The molecule has 1 saturated heterocycles. The third-order valence-corrected chi connectivity index (χ3v) is 3.25. The second-order valence-corrected chi connectivity index (χ2v) is 5.37. The minimum atomic E-state index is 0.217. The zero-order chi connectivity index (χ0) is 12.8. The lowest BCUT2D eigenvalue weighted by Gasteiger charge is -2.39. The van der Waals surface area contributed by atoms with E-state index < -0.39 is 0 Å². The van der Waals surface area contributed by atoms with Gasteiger partial charge in [-0.1, -0.05) is 13.8 Å². The normalized spacial score (nSPS) is 25.4. The maximum Gasteiger partial charge on any atom is 0.225 e. The zero-order valence-corrected chi connectivity index (χ0v) is 11.5. The summed E-state index contributed by atoms with van der Waals surface area (Å²) in [4.78, 5) is 14.0. The number of amides is 1. The van der Waals surface area contributed by atoms with Gasteiger partial charge in [0.25, 0.3) is 0 Å². The maximum absolute atomic E-state index is 12.0. The van der Waals surface area contributed by atoms with Crippen molar-refractivity contribution >= 4 is 5.91 Å². The van der Waals surface area contributed by atoms with E-state index in [9.17, 15) is 4.79 Å². The SMILES string of the molecule is COCCC(=O)N1CC(CC(C)C)NCC1C. The summed E-state index contributed by atoms with van der Waals surface area (Å²) in [5.74, 6) is 0.881. The first-order chi connectivity index (χ1) is 8.04. The highest BCUT2D eigenvalue weighted by Crippen LogP contribution is 2.14. The van der Waals surface area contributed by atoms with Gasteiger partial charge in [0.05, 0.1) is 13.0 Å². The number of rotatable bonds is 5. The highest BCUT2D eigenvalue weighted by Gasteiger charge is 2.28. The molecule has 2 unspecified atom stereocenters. The lowest BCUT2D eigenvalue weighted by molar-refractivity contribution is -0.135. The van der Waals surface area contributed by atoms with E-state index in [1.165, 1.54) is 0 Å². The zero-order valence-electron chi connectivity index (χ0n) is 11.5. The summed E-state index contributed by atoms with van der Waals surface area (Å²) in [5.41, 5.74) is 0. The Morgan fingerprint density at radius 1 is 1.53 bits per heavy atom. The van der Waals surface area contributed by atoms with Gasteiger partial charge in [-0.15, -0.1) is 0 Å². The Bertz CT molecular complexity index is 244. The first kappa shape index (κ1) is 14.5. The van der Waals surface area contributed by atoms with Crippen molar-refractivity contribution in [3.63, 3.8) is 0 Å². The van der Waals surface area contributed by atoms with Crippen LogP contribution in [-0.4, -0.2) is 49.7 Å². The summed E-state index contributed by atoms with van der Waals surface area (Å²) in [5, 5.41) is 3.52. The Morgan fingerprint density at radius 2 is 2.24 bits per heavy atom. The number of methoxy groups -OCH3 is 1. The summed E-state index contributed by atoms with van der Waals surface area (Å²) < 4.78 is 4.97. The second kappa shape index (κ2) is 6.97. The molecule has 0 aromatic carbocycles. The van der Waals surface area contributed by atoms with Crippen LogP contribution in [0, 0.1) is 5.92 Å². The Hall–Kier alpha value is -0.610. The maximum atomic E-state index is 12.0. The van der Waals surface area contributed by atoms with Gasteiger partial charge in [0.15, 0.2) is 0 Å². The number of piperazine rings is 1. The quantitative estimate of drug-likeness (QED) is 0.789. The Balaban J connectivity index is 2.47. The van der Waals surface area contributed by atoms with E-state index in [2.05, 4.69) is 26.1 Å². The molecule has 2 atom stereocenters. The van der Waals surface area contributed by atoms with E-state index in [1.807, 2.05) is 4.90 Å². The lowest BCUT2D eigenvalue weighted by atomic mass is 10.00. The molecule has 0 spiro atoms. The fourth-order valence-corrected chi connectivity index (χ4v) is 2.34. The van der Waals surface area contributed by atoms with Gasteiger partial charge >= 0.3 is 0 Å². The molecule has 1 fully saturated rings. The molecule has 0 aromatic rings. The predicted octanol–water partition coefficient (Wildman–Crippen LogP) is 1.26. The lowest BCUT2D eigenvalue weighted by Crippen LogP contribution is -2.57. The monoisotopic (exact) mass is 242 g/mol. The average molecular weight is 242 g/mol. The van der Waals surface area contributed by atoms with Gasteiger partial charge < -0.3 is 15.0 Å². The topological polar surface area (TPSA) is 41.6 Å². The summed E-state index contributed by atoms with van der Waals surface area (Å²) in [6.45, 7) is 8.79. The molecule has 0 bridgehead atoms. The van der Waals surface area contributed by atoms with E-state index in [1.54, 1.807) is 7.11 Å². The van der Waals surface area contributed by atoms with E-state index in [-0.39, 0.29) is 5.91 Å². The third-order valence-electron chi connectivity index (χ3n) is 3.25. The van der Waals surface area contributed by atoms with Crippen molar-refractivity contribution < 1.29 is 9.53 Å². The van der Waals surface area contributed by atoms with Crippen LogP contribution in [0.1, 0.15) is 33.6 Å². The van der Waals surface area contributed by atoms with Crippen molar-refractivity contribution in [2.24, 2.45) is 5.92 Å². The number of carbonyl (C=O) groups excluding carboxylic acids is 1. The van der Waals surface area contributed by atoms with Crippen LogP contribution < -0.4 is 5.32 Å². The first-order valence-corrected chi connectivity index (χ1v) is 6.56. The smallest absolute Gasteiger partial charge is 0.225 e. The van der Waals surface area contributed by atoms with Crippen molar-refractivity contribution in [1.82, 2.24) is 10.2 Å². The van der Waals surface area contributed by atoms with E-state index in [0.29, 0.717) is 31.0 Å². The standard InChI is InChI=1S/C13H26N2O2/c1-10(2)7-12-9-15(11(3)8-14-12)13(16)5-6-17-4/h10-12,14H,5-9H2,1-4H3. The van der Waals surface area contributed by atoms with Crippen LogP contribution in [0.25, 0.3) is 0 Å². The number of nitrogens with zero attached hydrogens (tertiary/aromatic N) is 1. The van der Waals surface area contributed by atoms with Crippen LogP contribution in [0.15, 0.2) is 0 Å². The van der Waals surface area contributed by atoms with Gasteiger partial charge in [-0.25, -0.2) is 0 Å². The third kappa shape index (κ3) is 4.64. The molecular weight excluding hydrogens is 216 g/mol. The number of hydrogen-bond acceptors (Lipinski definition) is 3. The fraction of sp³-hybridized carbons (Fsp3) is 0.923. The average Bonchev–Trinajstić information content (AvgIpc) is 2.28. The molecule has 1 aliphatic rings.